The van der Waals surface area contributed by atoms with E-state index in [1.54, 1.807) is 0 Å². The Kier molecular flexibility index (Phi) is 3.52. The number of pyridine rings is 1. The number of aryl methyl sites for hydroxylation is 1. The largest absolute Gasteiger partial charge is 0.175 e. The molecule has 0 bridgehead atoms. The minimum Gasteiger partial charge on any atom is -0.174 e. The first-order chi connectivity index (χ1) is 7.74. The summed E-state index contributed by atoms with van der Waals surface area (Å²) in [6, 6.07) is 12.4. The van der Waals surface area contributed by atoms with E-state index in [2.05, 4.69) is 53.2 Å². The molecule has 1 aromatic carbocycles. The number of nitrogens with zero attached hydrogens (tertiary/aromatic N) is 1. The van der Waals surface area contributed by atoms with Gasteiger partial charge < -0.3 is 0 Å². The average molecular weight is 275 g/mol. The standard InChI is InChI=1S/C14H13BrN/c1-12-6-9-16(10-7-12)11-8-13-2-4-14(15)5-3-13/h2-11H,1H3/q+1/b11-8+. The summed E-state index contributed by atoms with van der Waals surface area (Å²) in [7, 11) is 0. The van der Waals surface area contributed by atoms with E-state index >= 15 is 0 Å². The minimum atomic E-state index is 1.10. The highest BCUT2D eigenvalue weighted by molar-refractivity contribution is 9.10. The second-order valence-electron chi connectivity index (χ2n) is 3.69. The van der Waals surface area contributed by atoms with Crippen molar-refractivity contribution in [3.8, 4) is 0 Å². The quantitative estimate of drug-likeness (QED) is 0.736. The van der Waals surface area contributed by atoms with Gasteiger partial charge in [-0.05, 0) is 30.2 Å². The van der Waals surface area contributed by atoms with Gasteiger partial charge in [0.15, 0.2) is 18.6 Å². The molecule has 16 heavy (non-hydrogen) atoms. The zero-order chi connectivity index (χ0) is 11.4. The van der Waals surface area contributed by atoms with Crippen LogP contribution in [0.5, 0.6) is 0 Å². The summed E-state index contributed by atoms with van der Waals surface area (Å²) < 4.78 is 3.14. The summed E-state index contributed by atoms with van der Waals surface area (Å²) >= 11 is 3.42. The lowest BCUT2D eigenvalue weighted by Crippen LogP contribution is -2.23. The Balaban J connectivity index is 2.15. The van der Waals surface area contributed by atoms with Crippen LogP contribution in [-0.2, 0) is 0 Å². The van der Waals surface area contributed by atoms with Gasteiger partial charge in [0.05, 0.1) is 0 Å². The van der Waals surface area contributed by atoms with Crippen LogP contribution in [0.1, 0.15) is 11.1 Å². The number of hydrogen-bond acceptors (Lipinski definition) is 0. The highest BCUT2D eigenvalue weighted by Crippen LogP contribution is 2.11. The van der Waals surface area contributed by atoms with E-state index in [0.29, 0.717) is 0 Å². The first kappa shape index (κ1) is 11.1. The minimum absolute atomic E-state index is 1.10. The molecule has 0 radical (unpaired) electrons. The van der Waals surface area contributed by atoms with Gasteiger partial charge in [-0.3, -0.25) is 0 Å². The highest BCUT2D eigenvalue weighted by atomic mass is 79.9. The molecule has 0 saturated heterocycles. The molecule has 1 nitrogen and oxygen atoms in total. The molecule has 0 fully saturated rings. The molecule has 0 amide bonds. The fourth-order valence-corrected chi connectivity index (χ4v) is 1.62. The van der Waals surface area contributed by atoms with Crippen LogP contribution in [0.25, 0.3) is 12.3 Å². The molecule has 1 aromatic heterocycles. The molecule has 0 spiro atoms. The maximum absolute atomic E-state index is 3.42. The fraction of sp³-hybridized carbons (Fsp3) is 0.0714. The number of aromatic nitrogens is 1. The average Bonchev–Trinajstić information content (AvgIpc) is 2.30. The maximum atomic E-state index is 3.42. The Morgan fingerprint density at radius 3 is 2.25 bits per heavy atom. The van der Waals surface area contributed by atoms with Gasteiger partial charge in [0, 0.05) is 22.7 Å². The second kappa shape index (κ2) is 5.08. The summed E-state index contributed by atoms with van der Waals surface area (Å²) in [4.78, 5) is 0. The summed E-state index contributed by atoms with van der Waals surface area (Å²) in [5.41, 5.74) is 2.46. The topological polar surface area (TPSA) is 3.88 Å². The van der Waals surface area contributed by atoms with Gasteiger partial charge in [0.1, 0.15) is 0 Å². The molecule has 0 unspecified atom stereocenters. The van der Waals surface area contributed by atoms with Gasteiger partial charge in [0.2, 0.25) is 0 Å². The molecular formula is C14H13BrN+. The molecule has 1 heterocycles. The zero-order valence-corrected chi connectivity index (χ0v) is 10.7. The van der Waals surface area contributed by atoms with Crippen LogP contribution >= 0.6 is 15.9 Å². The smallest absolute Gasteiger partial charge is 0.174 e. The SMILES string of the molecule is Cc1cc[n+](/C=C/c2ccc(Br)cc2)cc1. The normalized spacial score (nSPS) is 10.9. The monoisotopic (exact) mass is 274 g/mol. The van der Waals surface area contributed by atoms with Crippen molar-refractivity contribution in [2.45, 2.75) is 6.92 Å². The van der Waals surface area contributed by atoms with Gasteiger partial charge in [-0.25, -0.2) is 0 Å². The summed E-state index contributed by atoms with van der Waals surface area (Å²) in [6.45, 7) is 2.09. The first-order valence-corrected chi connectivity index (χ1v) is 5.94. The van der Waals surface area contributed by atoms with Crippen LogP contribution in [-0.4, -0.2) is 0 Å². The van der Waals surface area contributed by atoms with Gasteiger partial charge in [-0.15, -0.1) is 0 Å². The highest BCUT2D eigenvalue weighted by Gasteiger charge is 1.93. The Morgan fingerprint density at radius 2 is 1.62 bits per heavy atom. The van der Waals surface area contributed by atoms with Crippen molar-refractivity contribution in [2.75, 3.05) is 0 Å². The van der Waals surface area contributed by atoms with Crippen molar-refractivity contribution in [3.63, 3.8) is 0 Å². The van der Waals surface area contributed by atoms with E-state index in [9.17, 15) is 0 Å². The third-order valence-corrected chi connectivity index (χ3v) is 2.86. The van der Waals surface area contributed by atoms with Gasteiger partial charge >= 0.3 is 0 Å². The van der Waals surface area contributed by atoms with Crippen LogP contribution in [0.3, 0.4) is 0 Å². The van der Waals surface area contributed by atoms with E-state index in [1.165, 1.54) is 11.1 Å². The Bertz CT molecular complexity index is 436. The van der Waals surface area contributed by atoms with Crippen molar-refractivity contribution in [2.24, 2.45) is 0 Å². The summed E-state index contributed by atoms with van der Waals surface area (Å²) in [6.07, 6.45) is 8.22. The van der Waals surface area contributed by atoms with E-state index < -0.39 is 0 Å². The van der Waals surface area contributed by atoms with Crippen LogP contribution in [0.15, 0.2) is 53.3 Å². The van der Waals surface area contributed by atoms with Gasteiger partial charge in [-0.2, -0.15) is 4.57 Å². The van der Waals surface area contributed by atoms with Crippen molar-refractivity contribution >= 4 is 28.2 Å². The third kappa shape index (κ3) is 3.04. The predicted octanol–water partition coefficient (Wildman–Crippen LogP) is 3.67. The molecule has 0 aliphatic carbocycles. The lowest BCUT2D eigenvalue weighted by molar-refractivity contribution is -0.567. The number of rotatable bonds is 2. The van der Waals surface area contributed by atoms with Crippen LogP contribution in [0.2, 0.25) is 0 Å². The van der Waals surface area contributed by atoms with E-state index in [0.717, 1.165) is 4.47 Å². The summed E-state index contributed by atoms with van der Waals surface area (Å²) in [5.74, 6) is 0. The van der Waals surface area contributed by atoms with E-state index in [4.69, 9.17) is 0 Å². The van der Waals surface area contributed by atoms with Crippen molar-refractivity contribution in [1.82, 2.24) is 0 Å². The molecule has 2 aromatic rings. The Morgan fingerprint density at radius 1 is 1.00 bits per heavy atom. The van der Waals surface area contributed by atoms with E-state index in [1.807, 2.05) is 35.3 Å². The number of benzene rings is 1. The third-order valence-electron chi connectivity index (χ3n) is 2.33. The predicted molar refractivity (Wildman–Crippen MR) is 70.7 cm³/mol. The number of hydrogen-bond donors (Lipinski definition) is 0. The lowest BCUT2D eigenvalue weighted by atomic mass is 10.2. The fourth-order valence-electron chi connectivity index (χ4n) is 1.36. The Labute approximate surface area is 104 Å². The lowest BCUT2D eigenvalue weighted by Gasteiger charge is -1.92. The van der Waals surface area contributed by atoms with Crippen molar-refractivity contribution < 1.29 is 4.57 Å². The van der Waals surface area contributed by atoms with E-state index in [-0.39, 0.29) is 0 Å². The molecule has 80 valence electrons. The van der Waals surface area contributed by atoms with Gasteiger partial charge in [0.25, 0.3) is 0 Å². The molecule has 0 N–H and O–H groups in total. The van der Waals surface area contributed by atoms with Crippen LogP contribution < -0.4 is 4.57 Å². The second-order valence-corrected chi connectivity index (χ2v) is 4.61. The van der Waals surface area contributed by atoms with Gasteiger partial charge in [-0.1, -0.05) is 28.1 Å². The molecule has 2 rings (SSSR count). The molecule has 0 atom stereocenters. The van der Waals surface area contributed by atoms with Crippen LogP contribution in [0, 0.1) is 6.92 Å². The zero-order valence-electron chi connectivity index (χ0n) is 9.10. The van der Waals surface area contributed by atoms with Crippen molar-refractivity contribution in [1.29, 1.82) is 0 Å². The molecule has 2 heteroatoms. The van der Waals surface area contributed by atoms with Crippen LogP contribution in [0.4, 0.5) is 0 Å². The Hall–Kier alpha value is -1.41. The molecular weight excluding hydrogens is 262 g/mol. The first-order valence-electron chi connectivity index (χ1n) is 5.15. The molecule has 0 aliphatic heterocycles. The number of halogens is 1. The molecule has 0 aliphatic rings. The maximum Gasteiger partial charge on any atom is 0.175 e. The molecule has 0 saturated carbocycles. The summed E-state index contributed by atoms with van der Waals surface area (Å²) in [5, 5.41) is 0. The van der Waals surface area contributed by atoms with Crippen molar-refractivity contribution in [3.05, 3.63) is 64.4 Å².